The van der Waals surface area contributed by atoms with E-state index in [1.54, 1.807) is 25.1 Å². The molecule has 1 saturated heterocycles. The van der Waals surface area contributed by atoms with Gasteiger partial charge < -0.3 is 14.8 Å². The first kappa shape index (κ1) is 30.3. The van der Waals surface area contributed by atoms with Crippen LogP contribution in [0.2, 0.25) is 10.0 Å². The molecule has 0 saturated carbocycles. The SMILES string of the molecule is CC(C(=O)NC(CN1CCOCC1)c1cccc(-c2cccc(S(C)(=O)=O)c2)c1)N1C(=O)COc2cc(Cl)c(Cl)cc21. The summed E-state index contributed by atoms with van der Waals surface area (Å²) in [5.41, 5.74) is 2.78. The number of morpholine rings is 1. The molecule has 0 spiro atoms. The van der Waals surface area contributed by atoms with Gasteiger partial charge in [-0.15, -0.1) is 0 Å². The topological polar surface area (TPSA) is 105 Å². The molecule has 0 bridgehead atoms. The number of ether oxygens (including phenoxy) is 2. The Bertz CT molecular complexity index is 1610. The number of carbonyl (C=O) groups excluding carboxylic acids is 2. The number of halogens is 2. The van der Waals surface area contributed by atoms with Crippen LogP contribution in [-0.2, 0) is 24.2 Å². The summed E-state index contributed by atoms with van der Waals surface area (Å²) in [5.74, 6) is -0.358. The smallest absolute Gasteiger partial charge is 0.265 e. The van der Waals surface area contributed by atoms with Gasteiger partial charge in [-0.1, -0.05) is 53.5 Å². The Balaban J connectivity index is 1.45. The van der Waals surface area contributed by atoms with Crippen LogP contribution < -0.4 is 15.0 Å². The highest BCUT2D eigenvalue weighted by atomic mass is 35.5. The van der Waals surface area contributed by atoms with Crippen molar-refractivity contribution in [3.63, 3.8) is 0 Å². The summed E-state index contributed by atoms with van der Waals surface area (Å²) in [6, 6.07) is 16.2. The van der Waals surface area contributed by atoms with Gasteiger partial charge in [0.15, 0.2) is 16.4 Å². The first-order valence-electron chi connectivity index (χ1n) is 13.5. The average Bonchev–Trinajstić information content (AvgIpc) is 2.97. The second kappa shape index (κ2) is 12.6. The number of hydrogen-bond donors (Lipinski definition) is 1. The van der Waals surface area contributed by atoms with Gasteiger partial charge in [0, 0.05) is 32.0 Å². The van der Waals surface area contributed by atoms with Crippen LogP contribution in [0.5, 0.6) is 5.75 Å². The van der Waals surface area contributed by atoms with Crippen LogP contribution in [0.25, 0.3) is 11.1 Å². The van der Waals surface area contributed by atoms with Crippen LogP contribution in [-0.4, -0.2) is 76.9 Å². The van der Waals surface area contributed by atoms with Gasteiger partial charge in [0.1, 0.15) is 11.8 Å². The van der Waals surface area contributed by atoms with Gasteiger partial charge >= 0.3 is 0 Å². The van der Waals surface area contributed by atoms with E-state index in [0.29, 0.717) is 44.3 Å². The lowest BCUT2D eigenvalue weighted by Gasteiger charge is -2.35. The molecule has 2 aliphatic rings. The van der Waals surface area contributed by atoms with Crippen molar-refractivity contribution in [2.45, 2.75) is 23.9 Å². The van der Waals surface area contributed by atoms with E-state index in [9.17, 15) is 18.0 Å². The van der Waals surface area contributed by atoms with Gasteiger partial charge in [0.05, 0.1) is 39.9 Å². The van der Waals surface area contributed by atoms with E-state index in [0.717, 1.165) is 16.7 Å². The van der Waals surface area contributed by atoms with Gasteiger partial charge in [-0.05, 0) is 47.9 Å². The molecule has 3 aromatic rings. The highest BCUT2D eigenvalue weighted by molar-refractivity contribution is 7.90. The van der Waals surface area contributed by atoms with Crippen molar-refractivity contribution >= 4 is 50.5 Å². The Labute approximate surface area is 255 Å². The maximum absolute atomic E-state index is 13.8. The summed E-state index contributed by atoms with van der Waals surface area (Å²) in [7, 11) is -3.38. The Morgan fingerprint density at radius 2 is 1.67 bits per heavy atom. The fraction of sp³-hybridized carbons (Fsp3) is 0.333. The standard InChI is InChI=1S/C30H31Cl2N3O6S/c1-19(35-27-15-24(31)25(32)16-28(27)41-18-29(35)36)30(37)33-26(17-34-9-11-40-12-10-34)22-7-3-5-20(13-22)21-6-4-8-23(14-21)42(2,38)39/h3-8,13-16,19,26H,9-12,17-18H2,1-2H3,(H,33,37). The summed E-state index contributed by atoms with van der Waals surface area (Å²) >= 11 is 12.4. The molecule has 1 N–H and O–H groups in total. The lowest BCUT2D eigenvalue weighted by molar-refractivity contribution is -0.128. The maximum atomic E-state index is 13.8. The number of anilines is 1. The molecular formula is C30H31Cl2N3O6S. The Kier molecular flexibility index (Phi) is 9.10. The minimum absolute atomic E-state index is 0.228. The summed E-state index contributed by atoms with van der Waals surface area (Å²) in [4.78, 5) is 30.6. The zero-order valence-electron chi connectivity index (χ0n) is 23.2. The molecule has 3 aromatic carbocycles. The van der Waals surface area contributed by atoms with E-state index >= 15 is 0 Å². The Morgan fingerprint density at radius 3 is 2.38 bits per heavy atom. The van der Waals surface area contributed by atoms with E-state index in [1.807, 2.05) is 30.3 Å². The number of sulfone groups is 1. The molecular weight excluding hydrogens is 601 g/mol. The number of carbonyl (C=O) groups is 2. The highest BCUT2D eigenvalue weighted by Gasteiger charge is 2.35. The molecule has 2 unspecified atom stereocenters. The van der Waals surface area contributed by atoms with Crippen LogP contribution in [0.15, 0.2) is 65.6 Å². The normalized spacial score (nSPS) is 17.2. The molecule has 2 amide bonds. The molecule has 2 aliphatic heterocycles. The average molecular weight is 633 g/mol. The van der Waals surface area contributed by atoms with Crippen LogP contribution in [0.1, 0.15) is 18.5 Å². The highest BCUT2D eigenvalue weighted by Crippen LogP contribution is 2.39. The van der Waals surface area contributed by atoms with Crippen LogP contribution in [0.3, 0.4) is 0 Å². The second-order valence-corrected chi connectivity index (χ2v) is 13.2. The molecule has 0 aliphatic carbocycles. The number of benzene rings is 3. The molecule has 1 fully saturated rings. The van der Waals surface area contributed by atoms with Crippen molar-refractivity contribution in [1.29, 1.82) is 0 Å². The van der Waals surface area contributed by atoms with Gasteiger partial charge in [0.2, 0.25) is 5.91 Å². The zero-order chi connectivity index (χ0) is 30.0. The van der Waals surface area contributed by atoms with Crippen LogP contribution in [0.4, 0.5) is 5.69 Å². The monoisotopic (exact) mass is 631 g/mol. The minimum atomic E-state index is -3.38. The third-order valence-corrected chi connectivity index (χ3v) is 9.23. The van der Waals surface area contributed by atoms with Crippen LogP contribution in [0, 0.1) is 0 Å². The molecule has 12 heteroatoms. The van der Waals surface area contributed by atoms with Gasteiger partial charge in [-0.25, -0.2) is 8.42 Å². The summed E-state index contributed by atoms with van der Waals surface area (Å²) in [5, 5.41) is 3.69. The van der Waals surface area contributed by atoms with E-state index in [-0.39, 0.29) is 33.4 Å². The fourth-order valence-corrected chi connectivity index (χ4v) is 6.10. The number of hydrogen-bond acceptors (Lipinski definition) is 7. The lowest BCUT2D eigenvalue weighted by atomic mass is 9.98. The Hall–Kier alpha value is -3.15. The maximum Gasteiger partial charge on any atom is 0.265 e. The van der Waals surface area contributed by atoms with Crippen molar-refractivity contribution in [2.24, 2.45) is 0 Å². The van der Waals surface area contributed by atoms with Gasteiger partial charge in [-0.2, -0.15) is 0 Å². The van der Waals surface area contributed by atoms with Crippen molar-refractivity contribution in [1.82, 2.24) is 10.2 Å². The number of amides is 2. The van der Waals surface area contributed by atoms with Crippen molar-refractivity contribution in [3.8, 4) is 16.9 Å². The molecule has 2 atom stereocenters. The van der Waals surface area contributed by atoms with E-state index in [2.05, 4.69) is 10.2 Å². The molecule has 222 valence electrons. The Morgan fingerprint density at radius 1 is 1.00 bits per heavy atom. The van der Waals surface area contributed by atoms with Gasteiger partial charge in [-0.3, -0.25) is 19.4 Å². The number of nitrogens with zero attached hydrogens (tertiary/aromatic N) is 2. The van der Waals surface area contributed by atoms with Crippen molar-refractivity contribution in [3.05, 3.63) is 76.3 Å². The largest absolute Gasteiger partial charge is 0.482 e. The molecule has 2 heterocycles. The van der Waals surface area contributed by atoms with E-state index < -0.39 is 21.9 Å². The molecule has 5 rings (SSSR count). The third-order valence-electron chi connectivity index (χ3n) is 7.39. The predicted molar refractivity (Wildman–Crippen MR) is 162 cm³/mol. The molecule has 0 radical (unpaired) electrons. The van der Waals surface area contributed by atoms with Crippen LogP contribution >= 0.6 is 23.2 Å². The summed E-state index contributed by atoms with van der Waals surface area (Å²) in [6.07, 6.45) is 1.18. The quantitative estimate of drug-likeness (QED) is 0.394. The van der Waals surface area contributed by atoms with E-state index in [1.165, 1.54) is 23.3 Å². The number of fused-ring (bicyclic) bond motifs is 1. The predicted octanol–water partition coefficient (Wildman–Crippen LogP) is 4.37. The number of rotatable bonds is 8. The number of nitrogens with one attached hydrogen (secondary N) is 1. The summed E-state index contributed by atoms with van der Waals surface area (Å²) < 4.78 is 35.4. The fourth-order valence-electron chi connectivity index (χ4n) is 5.12. The first-order valence-corrected chi connectivity index (χ1v) is 16.1. The van der Waals surface area contributed by atoms with E-state index in [4.69, 9.17) is 32.7 Å². The summed E-state index contributed by atoms with van der Waals surface area (Å²) in [6.45, 7) is 4.57. The van der Waals surface area contributed by atoms with Crippen molar-refractivity contribution < 1.29 is 27.5 Å². The zero-order valence-corrected chi connectivity index (χ0v) is 25.5. The molecule has 0 aromatic heterocycles. The van der Waals surface area contributed by atoms with Gasteiger partial charge in [0.25, 0.3) is 5.91 Å². The lowest BCUT2D eigenvalue weighted by Crippen LogP contribution is -2.53. The first-order chi connectivity index (χ1) is 20.0. The molecule has 42 heavy (non-hydrogen) atoms. The second-order valence-electron chi connectivity index (χ2n) is 10.4. The molecule has 9 nitrogen and oxygen atoms in total. The third kappa shape index (κ3) is 6.74. The minimum Gasteiger partial charge on any atom is -0.482 e. The van der Waals surface area contributed by atoms with Crippen molar-refractivity contribution in [2.75, 3.05) is 50.6 Å².